The van der Waals surface area contributed by atoms with Crippen LogP contribution in [-0.2, 0) is 0 Å². The van der Waals surface area contributed by atoms with Gasteiger partial charge in [0.05, 0.1) is 0 Å². The Hall–Kier alpha value is 0.540. The molecule has 0 spiro atoms. The molecule has 3 heteroatoms. The molecule has 7 heavy (non-hydrogen) atoms. The zero-order valence-electron chi connectivity index (χ0n) is 3.82. The second-order valence-electron chi connectivity index (χ2n) is 1.90. The van der Waals surface area contributed by atoms with Gasteiger partial charge in [-0.25, -0.2) is 0 Å². The van der Waals surface area contributed by atoms with E-state index in [-0.39, 0.29) is 0 Å². The van der Waals surface area contributed by atoms with E-state index in [1.807, 2.05) is 0 Å². The van der Waals surface area contributed by atoms with Gasteiger partial charge in [0.25, 0.3) is 0 Å². The van der Waals surface area contributed by atoms with Crippen LogP contribution in [0.3, 0.4) is 0 Å². The third kappa shape index (κ3) is 1.01. The number of alkyl halides is 2. The van der Waals surface area contributed by atoms with E-state index in [0.717, 1.165) is 6.42 Å². The molecule has 0 radical (unpaired) electrons. The van der Waals surface area contributed by atoms with Gasteiger partial charge in [0, 0.05) is 5.92 Å². The molecule has 1 nitrogen and oxygen atoms in total. The Bertz CT molecular complexity index is 81.8. The fourth-order valence-electron chi connectivity index (χ4n) is 0.525. The van der Waals surface area contributed by atoms with Gasteiger partial charge in [0.1, 0.15) is 4.33 Å². The maximum Gasteiger partial charge on any atom is 0.122 e. The third-order valence-corrected chi connectivity index (χ3v) is 2.17. The van der Waals surface area contributed by atoms with Crippen molar-refractivity contribution in [2.45, 2.75) is 10.8 Å². The molecule has 0 unspecified atom stereocenters. The molecule has 1 rings (SSSR count). The first kappa shape index (κ1) is 5.67. The predicted molar refractivity (Wildman–Crippen MR) is 31.6 cm³/mol. The summed E-state index contributed by atoms with van der Waals surface area (Å²) in [6, 6.07) is 0. The zero-order valence-corrected chi connectivity index (χ0v) is 5.34. The maximum absolute atomic E-state index is 5.59. The number of nitrogens with two attached hydrogens (primary N) is 1. The molecule has 1 atom stereocenters. The lowest BCUT2D eigenvalue weighted by atomic mass is 10.4. The van der Waals surface area contributed by atoms with Crippen LogP contribution in [0.15, 0.2) is 0 Å². The van der Waals surface area contributed by atoms with Crippen LogP contribution in [0.2, 0.25) is 0 Å². The summed E-state index contributed by atoms with van der Waals surface area (Å²) in [4.78, 5) is 0. The summed E-state index contributed by atoms with van der Waals surface area (Å²) >= 11 is 11.2. The van der Waals surface area contributed by atoms with E-state index in [1.54, 1.807) is 0 Å². The minimum absolute atomic E-state index is 0.357. The Labute approximate surface area is 52.8 Å². The highest BCUT2D eigenvalue weighted by molar-refractivity contribution is 6.50. The molecule has 0 aromatic heterocycles. The summed E-state index contributed by atoms with van der Waals surface area (Å²) in [5, 5.41) is 0. The Morgan fingerprint density at radius 3 is 2.14 bits per heavy atom. The van der Waals surface area contributed by atoms with E-state index in [9.17, 15) is 0 Å². The van der Waals surface area contributed by atoms with E-state index < -0.39 is 4.33 Å². The molecule has 1 aliphatic rings. The summed E-state index contributed by atoms with van der Waals surface area (Å²) in [5.74, 6) is 0.357. The van der Waals surface area contributed by atoms with E-state index in [4.69, 9.17) is 28.9 Å². The predicted octanol–water partition coefficient (Wildman–Crippen LogP) is 1.14. The summed E-state index contributed by atoms with van der Waals surface area (Å²) in [6.07, 6.45) is 0.868. The Kier molecular flexibility index (Phi) is 1.22. The third-order valence-electron chi connectivity index (χ3n) is 1.24. The van der Waals surface area contributed by atoms with Crippen molar-refractivity contribution in [3.05, 3.63) is 0 Å². The van der Waals surface area contributed by atoms with Gasteiger partial charge < -0.3 is 5.73 Å². The number of halogens is 2. The Balaban J connectivity index is 2.30. The first-order chi connectivity index (χ1) is 3.17. The van der Waals surface area contributed by atoms with Crippen LogP contribution in [0.25, 0.3) is 0 Å². The topological polar surface area (TPSA) is 26.0 Å². The van der Waals surface area contributed by atoms with Gasteiger partial charge in [-0.1, -0.05) is 0 Å². The molecule has 2 N–H and O–H groups in total. The summed E-state index contributed by atoms with van der Waals surface area (Å²) in [5.41, 5.74) is 5.24. The minimum Gasteiger partial charge on any atom is -0.330 e. The molecule has 1 aliphatic carbocycles. The first-order valence-corrected chi connectivity index (χ1v) is 3.00. The van der Waals surface area contributed by atoms with Crippen molar-refractivity contribution in [3.8, 4) is 0 Å². The standard InChI is InChI=1S/C4H7Cl2N/c5-4(6)1-3(4)2-7/h3H,1-2,7H2/t3-/m0/s1. The number of rotatable bonds is 1. The number of hydrogen-bond donors (Lipinski definition) is 1. The van der Waals surface area contributed by atoms with Gasteiger partial charge >= 0.3 is 0 Å². The van der Waals surface area contributed by atoms with Crippen molar-refractivity contribution in [1.82, 2.24) is 0 Å². The maximum atomic E-state index is 5.59. The molecule has 1 fully saturated rings. The molecule has 42 valence electrons. The zero-order chi connectivity index (χ0) is 5.49. The summed E-state index contributed by atoms with van der Waals surface area (Å²) < 4.78 is -0.464. The average molecular weight is 140 g/mol. The van der Waals surface area contributed by atoms with Crippen molar-refractivity contribution in [2.24, 2.45) is 11.7 Å². The van der Waals surface area contributed by atoms with E-state index in [1.165, 1.54) is 0 Å². The second-order valence-corrected chi connectivity index (χ2v) is 3.44. The molecule has 0 aliphatic heterocycles. The van der Waals surface area contributed by atoms with Crippen LogP contribution in [0.4, 0.5) is 0 Å². The second kappa shape index (κ2) is 1.51. The lowest BCUT2D eigenvalue weighted by molar-refractivity contribution is 0.835. The highest BCUT2D eigenvalue weighted by Gasteiger charge is 2.50. The highest BCUT2D eigenvalue weighted by Crippen LogP contribution is 2.52. The lowest BCUT2D eigenvalue weighted by Gasteiger charge is -1.90. The highest BCUT2D eigenvalue weighted by atomic mass is 35.5. The molecule has 0 aromatic carbocycles. The molecule has 0 bridgehead atoms. The fourth-order valence-corrected chi connectivity index (χ4v) is 1.08. The molecule has 0 heterocycles. The lowest BCUT2D eigenvalue weighted by Crippen LogP contribution is -2.05. The van der Waals surface area contributed by atoms with Crippen LogP contribution >= 0.6 is 23.2 Å². The van der Waals surface area contributed by atoms with Gasteiger partial charge in [-0.2, -0.15) is 0 Å². The number of hydrogen-bond acceptors (Lipinski definition) is 1. The van der Waals surface area contributed by atoms with Gasteiger partial charge in [0.15, 0.2) is 0 Å². The monoisotopic (exact) mass is 139 g/mol. The van der Waals surface area contributed by atoms with Crippen molar-refractivity contribution in [2.75, 3.05) is 6.54 Å². The molecular weight excluding hydrogens is 133 g/mol. The smallest absolute Gasteiger partial charge is 0.122 e. The summed E-state index contributed by atoms with van der Waals surface area (Å²) in [6.45, 7) is 0.618. The molecule has 0 aromatic rings. The molecule has 0 saturated heterocycles. The fraction of sp³-hybridized carbons (Fsp3) is 1.00. The Morgan fingerprint density at radius 2 is 2.14 bits per heavy atom. The Morgan fingerprint density at radius 1 is 1.71 bits per heavy atom. The SMILES string of the molecule is NC[C@@H]1CC1(Cl)Cl. The van der Waals surface area contributed by atoms with Crippen molar-refractivity contribution in [3.63, 3.8) is 0 Å². The van der Waals surface area contributed by atoms with Crippen molar-refractivity contribution in [1.29, 1.82) is 0 Å². The van der Waals surface area contributed by atoms with Gasteiger partial charge in [0.2, 0.25) is 0 Å². The minimum atomic E-state index is -0.464. The quantitative estimate of drug-likeness (QED) is 0.543. The van der Waals surface area contributed by atoms with Crippen molar-refractivity contribution >= 4 is 23.2 Å². The van der Waals surface area contributed by atoms with Gasteiger partial charge in [-0.05, 0) is 13.0 Å². The van der Waals surface area contributed by atoms with E-state index in [0.29, 0.717) is 12.5 Å². The average Bonchev–Trinajstić information content (AvgIpc) is 2.13. The normalized spacial score (nSPS) is 35.6. The van der Waals surface area contributed by atoms with Crippen molar-refractivity contribution < 1.29 is 0 Å². The van der Waals surface area contributed by atoms with Gasteiger partial charge in [-0.15, -0.1) is 23.2 Å². The van der Waals surface area contributed by atoms with Crippen LogP contribution in [0.1, 0.15) is 6.42 Å². The van der Waals surface area contributed by atoms with Crippen LogP contribution in [0.5, 0.6) is 0 Å². The first-order valence-electron chi connectivity index (χ1n) is 2.24. The summed E-state index contributed by atoms with van der Waals surface area (Å²) in [7, 11) is 0. The van der Waals surface area contributed by atoms with E-state index >= 15 is 0 Å². The van der Waals surface area contributed by atoms with Crippen LogP contribution in [0, 0.1) is 5.92 Å². The van der Waals surface area contributed by atoms with Gasteiger partial charge in [-0.3, -0.25) is 0 Å². The largest absolute Gasteiger partial charge is 0.330 e. The van der Waals surface area contributed by atoms with Crippen LogP contribution < -0.4 is 5.73 Å². The van der Waals surface area contributed by atoms with E-state index in [2.05, 4.69) is 0 Å². The molecular formula is C4H7Cl2N. The molecule has 0 amide bonds. The molecule has 1 saturated carbocycles. The van der Waals surface area contributed by atoms with Crippen LogP contribution in [-0.4, -0.2) is 10.9 Å².